The summed E-state index contributed by atoms with van der Waals surface area (Å²) in [4.78, 5) is 37.9. The van der Waals surface area contributed by atoms with Crippen molar-refractivity contribution in [3.05, 3.63) is 134 Å². The van der Waals surface area contributed by atoms with E-state index in [0.717, 1.165) is 135 Å². The monoisotopic (exact) mass is 911 g/mol. The van der Waals surface area contributed by atoms with Crippen LogP contribution in [0.1, 0.15) is 207 Å². The molecule has 0 aromatic carbocycles. The number of allylic oxidation sites excluding steroid dienone is 22. The predicted molar refractivity (Wildman–Crippen MR) is 283 cm³/mol. The molecular formula is C60H94O6. The van der Waals surface area contributed by atoms with Crippen LogP contribution in [0.2, 0.25) is 0 Å². The van der Waals surface area contributed by atoms with E-state index in [1.807, 2.05) is 12.2 Å². The molecule has 0 rings (SSSR count). The molecule has 0 aromatic heterocycles. The fourth-order valence-electron chi connectivity index (χ4n) is 6.52. The van der Waals surface area contributed by atoms with Gasteiger partial charge in [0, 0.05) is 19.3 Å². The Labute approximate surface area is 405 Å². The molecule has 0 saturated carbocycles. The molecular weight excluding hydrogens is 817 g/mol. The van der Waals surface area contributed by atoms with Crippen molar-refractivity contribution in [3.63, 3.8) is 0 Å². The zero-order valence-corrected chi connectivity index (χ0v) is 42.1. The lowest BCUT2D eigenvalue weighted by molar-refractivity contribution is -0.166. The summed E-state index contributed by atoms with van der Waals surface area (Å²) in [5.74, 6) is -1.04. The molecule has 0 amide bonds. The molecule has 6 heteroatoms. The van der Waals surface area contributed by atoms with Crippen LogP contribution in [0.3, 0.4) is 0 Å². The SMILES string of the molecule is CC/C=C\C/C=C\C/C=C\C/C=C\C/C=C\C/C=C\CCCCCCCCC(=O)OCC(COC(=O)CCCCCCC/C=C\CCC)OC(=O)CC/C=C\C/C=C\C/C=C\C/C=C\CC. The quantitative estimate of drug-likeness (QED) is 0.0262. The molecule has 0 saturated heterocycles. The maximum atomic E-state index is 12.7. The Morgan fingerprint density at radius 3 is 1.00 bits per heavy atom. The summed E-state index contributed by atoms with van der Waals surface area (Å²) in [5.41, 5.74) is 0. The van der Waals surface area contributed by atoms with Crippen molar-refractivity contribution in [2.24, 2.45) is 0 Å². The van der Waals surface area contributed by atoms with Gasteiger partial charge in [-0.3, -0.25) is 14.4 Å². The lowest BCUT2D eigenvalue weighted by Crippen LogP contribution is -2.30. The molecule has 0 radical (unpaired) electrons. The summed E-state index contributed by atoms with van der Waals surface area (Å²) in [7, 11) is 0. The lowest BCUT2D eigenvalue weighted by Gasteiger charge is -2.18. The normalized spacial score (nSPS) is 13.2. The average molecular weight is 911 g/mol. The van der Waals surface area contributed by atoms with Crippen LogP contribution in [0, 0.1) is 0 Å². The summed E-state index contributed by atoms with van der Waals surface area (Å²) in [6.45, 7) is 6.24. The van der Waals surface area contributed by atoms with Gasteiger partial charge >= 0.3 is 17.9 Å². The summed E-state index contributed by atoms with van der Waals surface area (Å²) < 4.78 is 16.7. The molecule has 0 aromatic rings. The van der Waals surface area contributed by atoms with Crippen molar-refractivity contribution in [2.75, 3.05) is 13.2 Å². The first-order valence-electron chi connectivity index (χ1n) is 26.2. The van der Waals surface area contributed by atoms with Crippen molar-refractivity contribution < 1.29 is 28.6 Å². The molecule has 0 aliphatic carbocycles. The van der Waals surface area contributed by atoms with Crippen LogP contribution in [0.4, 0.5) is 0 Å². The van der Waals surface area contributed by atoms with Gasteiger partial charge in [0.15, 0.2) is 6.10 Å². The standard InChI is InChI=1S/C60H94O6/c1-4-7-10-13-16-19-22-24-25-26-27-28-29-30-31-32-33-34-35-37-38-41-44-47-50-53-59(62)65-56-57(55-64-58(61)52-49-46-43-40-21-18-15-12-9-6-3)66-60(63)54-51-48-45-42-39-36-23-20-17-14-11-8-5-2/h7-8,10-12,15-17,19-20,24-25,27-28,30-31,33-34,36,39,45,48,57H,4-6,9,13-14,18,21-23,26,29,32,35,37-38,40-44,46-47,49-56H2,1-3H3/b10-7-,11-8-,15-12-,19-16-,20-17-,25-24-,28-27-,31-30-,34-33-,39-36-,48-45-. The number of hydrogen-bond acceptors (Lipinski definition) is 6. The number of rotatable bonds is 45. The number of esters is 3. The Bertz CT molecular complexity index is 1460. The fourth-order valence-corrected chi connectivity index (χ4v) is 6.52. The second-order valence-electron chi connectivity index (χ2n) is 16.7. The lowest BCUT2D eigenvalue weighted by atomic mass is 10.1. The summed E-state index contributed by atoms with van der Waals surface area (Å²) in [6, 6.07) is 0. The van der Waals surface area contributed by atoms with Gasteiger partial charge in [0.05, 0.1) is 0 Å². The summed E-state index contributed by atoms with van der Waals surface area (Å²) >= 11 is 0. The van der Waals surface area contributed by atoms with Crippen LogP contribution in [0.25, 0.3) is 0 Å². The molecule has 0 spiro atoms. The number of ether oxygens (including phenoxy) is 3. The molecule has 66 heavy (non-hydrogen) atoms. The second kappa shape index (κ2) is 53.2. The third-order valence-electron chi connectivity index (χ3n) is 10.4. The predicted octanol–water partition coefficient (Wildman–Crippen LogP) is 17.5. The highest BCUT2D eigenvalue weighted by Gasteiger charge is 2.19. The maximum absolute atomic E-state index is 12.7. The first kappa shape index (κ1) is 61.5. The van der Waals surface area contributed by atoms with Crippen LogP contribution in [0.5, 0.6) is 0 Å². The summed E-state index contributed by atoms with van der Waals surface area (Å²) in [6.07, 6.45) is 74.6. The Kier molecular flexibility index (Phi) is 49.6. The number of carbonyl (C=O) groups is 3. The minimum atomic E-state index is -0.829. The van der Waals surface area contributed by atoms with E-state index >= 15 is 0 Å². The van der Waals surface area contributed by atoms with Crippen LogP contribution >= 0.6 is 0 Å². The zero-order valence-electron chi connectivity index (χ0n) is 42.1. The van der Waals surface area contributed by atoms with Crippen molar-refractivity contribution in [1.82, 2.24) is 0 Å². The molecule has 0 heterocycles. The molecule has 6 nitrogen and oxygen atoms in total. The molecule has 0 bridgehead atoms. The molecule has 0 N–H and O–H groups in total. The Hall–Kier alpha value is -4.45. The van der Waals surface area contributed by atoms with Gasteiger partial charge < -0.3 is 14.2 Å². The third-order valence-corrected chi connectivity index (χ3v) is 10.4. The highest BCUT2D eigenvalue weighted by Crippen LogP contribution is 2.12. The number of carbonyl (C=O) groups excluding carboxylic acids is 3. The van der Waals surface area contributed by atoms with Gasteiger partial charge in [-0.1, -0.05) is 206 Å². The first-order valence-corrected chi connectivity index (χ1v) is 26.2. The number of unbranched alkanes of at least 4 members (excludes halogenated alkanes) is 12. The molecule has 0 fully saturated rings. The topological polar surface area (TPSA) is 78.9 Å². The van der Waals surface area contributed by atoms with E-state index in [-0.39, 0.29) is 31.6 Å². The average Bonchev–Trinajstić information content (AvgIpc) is 3.31. The van der Waals surface area contributed by atoms with Crippen LogP contribution in [-0.2, 0) is 28.6 Å². The Morgan fingerprint density at radius 1 is 0.318 bits per heavy atom. The van der Waals surface area contributed by atoms with Gasteiger partial charge in [0.1, 0.15) is 13.2 Å². The van der Waals surface area contributed by atoms with E-state index in [9.17, 15) is 14.4 Å². The molecule has 1 unspecified atom stereocenters. The van der Waals surface area contributed by atoms with Crippen molar-refractivity contribution in [2.45, 2.75) is 213 Å². The smallest absolute Gasteiger partial charge is 0.306 e. The van der Waals surface area contributed by atoms with Crippen LogP contribution in [-0.4, -0.2) is 37.2 Å². The zero-order chi connectivity index (χ0) is 47.9. The van der Waals surface area contributed by atoms with Gasteiger partial charge in [0.2, 0.25) is 0 Å². The minimum Gasteiger partial charge on any atom is -0.462 e. The van der Waals surface area contributed by atoms with E-state index < -0.39 is 12.1 Å². The van der Waals surface area contributed by atoms with E-state index in [0.29, 0.717) is 19.3 Å². The Morgan fingerprint density at radius 2 is 0.621 bits per heavy atom. The van der Waals surface area contributed by atoms with Gasteiger partial charge in [-0.05, 0) is 116 Å². The maximum Gasteiger partial charge on any atom is 0.306 e. The van der Waals surface area contributed by atoms with E-state index in [2.05, 4.69) is 142 Å². The minimum absolute atomic E-state index is 0.121. The van der Waals surface area contributed by atoms with E-state index in [4.69, 9.17) is 14.2 Å². The highest BCUT2D eigenvalue weighted by atomic mass is 16.6. The third kappa shape index (κ3) is 50.5. The largest absolute Gasteiger partial charge is 0.462 e. The second-order valence-corrected chi connectivity index (χ2v) is 16.7. The van der Waals surface area contributed by atoms with Gasteiger partial charge in [-0.2, -0.15) is 0 Å². The van der Waals surface area contributed by atoms with E-state index in [1.165, 1.54) is 25.7 Å². The number of hydrogen-bond donors (Lipinski definition) is 0. The van der Waals surface area contributed by atoms with E-state index in [1.54, 1.807) is 0 Å². The molecule has 1 atom stereocenters. The van der Waals surface area contributed by atoms with Gasteiger partial charge in [-0.25, -0.2) is 0 Å². The highest BCUT2D eigenvalue weighted by molar-refractivity contribution is 5.71. The van der Waals surface area contributed by atoms with Gasteiger partial charge in [0.25, 0.3) is 0 Å². The Balaban J connectivity index is 4.40. The van der Waals surface area contributed by atoms with Crippen LogP contribution < -0.4 is 0 Å². The van der Waals surface area contributed by atoms with Gasteiger partial charge in [-0.15, -0.1) is 0 Å². The first-order chi connectivity index (χ1) is 32.5. The van der Waals surface area contributed by atoms with Crippen molar-refractivity contribution in [1.29, 1.82) is 0 Å². The van der Waals surface area contributed by atoms with Crippen LogP contribution in [0.15, 0.2) is 134 Å². The molecule has 0 aliphatic rings. The summed E-state index contributed by atoms with van der Waals surface area (Å²) in [5, 5.41) is 0. The van der Waals surface area contributed by atoms with Crippen molar-refractivity contribution >= 4 is 17.9 Å². The van der Waals surface area contributed by atoms with Crippen molar-refractivity contribution in [3.8, 4) is 0 Å². The molecule has 370 valence electrons. The fraction of sp³-hybridized carbons (Fsp3) is 0.583. The molecule has 0 aliphatic heterocycles.